The van der Waals surface area contributed by atoms with Crippen molar-refractivity contribution < 1.29 is 28.7 Å². The van der Waals surface area contributed by atoms with Crippen LogP contribution in [-0.2, 0) is 23.8 Å². The number of hydrogen-bond acceptors (Lipinski definition) is 9. The van der Waals surface area contributed by atoms with Crippen LogP contribution in [0.1, 0.15) is 11.7 Å². The summed E-state index contributed by atoms with van der Waals surface area (Å²) in [5.41, 5.74) is 0.0980. The molecule has 0 saturated heterocycles. The molecule has 0 fully saturated rings. The molecule has 0 aromatic heterocycles. The number of ether oxygens (including phenoxy) is 3. The summed E-state index contributed by atoms with van der Waals surface area (Å²) in [4.78, 5) is 38.7. The lowest BCUT2D eigenvalue weighted by atomic mass is 9.97. The Bertz CT molecular complexity index is 1080. The van der Waals surface area contributed by atoms with Crippen LogP contribution in [0.4, 0.5) is 11.4 Å². The number of esters is 2. The molecular weight excluding hydrogens is 412 g/mol. The fourth-order valence-electron chi connectivity index (χ4n) is 3.45. The average molecular weight is 428 g/mol. The van der Waals surface area contributed by atoms with E-state index in [1.807, 2.05) is 12.1 Å². The molecule has 0 amide bonds. The summed E-state index contributed by atoms with van der Waals surface area (Å²) in [5, 5.41) is 11.2. The Kier molecular flexibility index (Phi) is 5.18. The Hall–Kier alpha value is -3.37. The van der Waals surface area contributed by atoms with Crippen molar-refractivity contribution in [3.05, 3.63) is 75.5 Å². The zero-order chi connectivity index (χ0) is 21.4. The number of non-ortho nitro benzene ring substituents is 1. The maximum atomic E-state index is 12.8. The number of hydrogen-bond donors (Lipinski definition) is 0. The molecule has 2 aromatic rings. The highest BCUT2D eigenvalue weighted by molar-refractivity contribution is 8.00. The molecule has 4 rings (SSSR count). The number of rotatable bonds is 4. The average Bonchev–Trinajstić information content (AvgIpc) is 3.15. The van der Waals surface area contributed by atoms with Gasteiger partial charge in [-0.2, -0.15) is 0 Å². The molecule has 0 spiro atoms. The minimum atomic E-state index is -1.06. The van der Waals surface area contributed by atoms with Crippen LogP contribution in [0.15, 0.2) is 64.7 Å². The molecule has 0 aliphatic carbocycles. The van der Waals surface area contributed by atoms with Gasteiger partial charge in [0, 0.05) is 17.0 Å². The first-order valence-electron chi connectivity index (χ1n) is 8.81. The topological polar surface area (TPSA) is 108 Å². The molecule has 0 bridgehead atoms. The van der Waals surface area contributed by atoms with Crippen LogP contribution in [0.25, 0.3) is 0 Å². The first kappa shape index (κ1) is 19.9. The monoisotopic (exact) mass is 428 g/mol. The SMILES string of the molecule is COC(=O)C1=C(C(=O)OC)N2c3ccccc3S[C@H]2O[C@@H]1c1cccc([N+](=O)[O-])c1. The van der Waals surface area contributed by atoms with Gasteiger partial charge in [0.2, 0.25) is 0 Å². The van der Waals surface area contributed by atoms with Gasteiger partial charge in [0.05, 0.1) is 24.8 Å². The molecule has 0 N–H and O–H groups in total. The molecule has 2 atom stereocenters. The molecule has 2 aliphatic heterocycles. The number of anilines is 1. The first-order valence-corrected chi connectivity index (χ1v) is 9.69. The van der Waals surface area contributed by atoms with E-state index in [9.17, 15) is 19.7 Å². The van der Waals surface area contributed by atoms with Gasteiger partial charge in [0.25, 0.3) is 5.69 Å². The van der Waals surface area contributed by atoms with Gasteiger partial charge in [-0.05, 0) is 17.7 Å². The molecule has 0 radical (unpaired) electrons. The van der Waals surface area contributed by atoms with Crippen molar-refractivity contribution in [2.24, 2.45) is 0 Å². The number of para-hydroxylation sites is 1. The smallest absolute Gasteiger partial charge is 0.355 e. The number of carbonyl (C=O) groups is 2. The van der Waals surface area contributed by atoms with Gasteiger partial charge < -0.3 is 14.2 Å². The third-order valence-electron chi connectivity index (χ3n) is 4.74. The molecule has 2 aromatic carbocycles. The maximum absolute atomic E-state index is 12.8. The Balaban J connectivity index is 1.94. The lowest BCUT2D eigenvalue weighted by molar-refractivity contribution is -0.385. The van der Waals surface area contributed by atoms with E-state index in [1.54, 1.807) is 23.1 Å². The highest BCUT2D eigenvalue weighted by Crippen LogP contribution is 2.52. The summed E-state index contributed by atoms with van der Waals surface area (Å²) < 4.78 is 16.1. The minimum absolute atomic E-state index is 0.0189. The van der Waals surface area contributed by atoms with Crippen molar-refractivity contribution in [2.75, 3.05) is 19.1 Å². The number of nitro benzene ring substituents is 1. The molecule has 2 aliphatic rings. The summed E-state index contributed by atoms with van der Waals surface area (Å²) in [6.07, 6.45) is -1.06. The van der Waals surface area contributed by atoms with Crippen molar-refractivity contribution in [2.45, 2.75) is 16.6 Å². The lowest BCUT2D eigenvalue weighted by Crippen LogP contribution is -2.43. The van der Waals surface area contributed by atoms with Gasteiger partial charge >= 0.3 is 11.9 Å². The van der Waals surface area contributed by atoms with Gasteiger partial charge in [0.1, 0.15) is 17.4 Å². The molecule has 0 unspecified atom stereocenters. The predicted octanol–water partition coefficient (Wildman–Crippen LogP) is 3.16. The molecule has 0 saturated carbocycles. The Morgan fingerprint density at radius 3 is 2.53 bits per heavy atom. The fourth-order valence-corrected chi connectivity index (χ4v) is 4.60. The molecule has 30 heavy (non-hydrogen) atoms. The second-order valence-electron chi connectivity index (χ2n) is 6.38. The highest BCUT2D eigenvalue weighted by atomic mass is 32.2. The van der Waals surface area contributed by atoms with Crippen LogP contribution >= 0.6 is 11.8 Å². The summed E-state index contributed by atoms with van der Waals surface area (Å²) in [6.45, 7) is 0. The first-order chi connectivity index (χ1) is 14.5. The molecule has 154 valence electrons. The zero-order valence-electron chi connectivity index (χ0n) is 15.9. The van der Waals surface area contributed by atoms with E-state index in [2.05, 4.69) is 0 Å². The normalized spacial score (nSPS) is 19.7. The van der Waals surface area contributed by atoms with Crippen molar-refractivity contribution in [1.82, 2.24) is 0 Å². The van der Waals surface area contributed by atoms with E-state index < -0.39 is 28.5 Å². The standard InChI is InChI=1S/C20H16N2O7S/c1-27-18(23)15-16(19(24)28-2)21-13-8-3-4-9-14(13)30-20(21)29-17(15)11-6-5-7-12(10-11)22(25)26/h3-10,17,20H,1-2H3/t17-,20-/m1/s1. The third kappa shape index (κ3) is 3.19. The van der Waals surface area contributed by atoms with Crippen LogP contribution in [-0.4, -0.2) is 36.6 Å². The number of methoxy groups -OCH3 is 2. The van der Waals surface area contributed by atoms with Gasteiger partial charge in [-0.3, -0.25) is 15.0 Å². The summed E-state index contributed by atoms with van der Waals surface area (Å²) in [7, 11) is 2.40. The molecule has 2 heterocycles. The predicted molar refractivity (Wildman–Crippen MR) is 107 cm³/mol. The second-order valence-corrected chi connectivity index (χ2v) is 7.46. The van der Waals surface area contributed by atoms with Crippen LogP contribution in [0.5, 0.6) is 0 Å². The van der Waals surface area contributed by atoms with Crippen molar-refractivity contribution in [3.63, 3.8) is 0 Å². The van der Waals surface area contributed by atoms with Gasteiger partial charge in [-0.25, -0.2) is 9.59 Å². The zero-order valence-corrected chi connectivity index (χ0v) is 16.8. The number of nitro groups is 1. The molecule has 9 nitrogen and oxygen atoms in total. The van der Waals surface area contributed by atoms with Crippen LogP contribution in [0.3, 0.4) is 0 Å². The highest BCUT2D eigenvalue weighted by Gasteiger charge is 2.47. The van der Waals surface area contributed by atoms with E-state index in [4.69, 9.17) is 14.2 Å². The van der Waals surface area contributed by atoms with Crippen LogP contribution < -0.4 is 4.90 Å². The van der Waals surface area contributed by atoms with Crippen molar-refractivity contribution >= 4 is 35.1 Å². The lowest BCUT2D eigenvalue weighted by Gasteiger charge is -2.37. The molecule has 10 heteroatoms. The second kappa shape index (κ2) is 7.81. The summed E-state index contributed by atoms with van der Waals surface area (Å²) in [6, 6.07) is 13.1. The summed E-state index contributed by atoms with van der Waals surface area (Å²) in [5.74, 6) is -1.53. The number of fused-ring (bicyclic) bond motifs is 3. The van der Waals surface area contributed by atoms with E-state index in [-0.39, 0.29) is 17.0 Å². The van der Waals surface area contributed by atoms with E-state index in [0.717, 1.165) is 4.90 Å². The summed E-state index contributed by atoms with van der Waals surface area (Å²) >= 11 is 1.36. The molecular formula is C20H16N2O7S. The van der Waals surface area contributed by atoms with E-state index >= 15 is 0 Å². The number of thioether (sulfide) groups is 1. The van der Waals surface area contributed by atoms with Gasteiger partial charge in [-0.1, -0.05) is 36.0 Å². The minimum Gasteiger partial charge on any atom is -0.466 e. The Morgan fingerprint density at radius 2 is 1.83 bits per heavy atom. The van der Waals surface area contributed by atoms with E-state index in [1.165, 1.54) is 44.2 Å². The van der Waals surface area contributed by atoms with Crippen LogP contribution in [0.2, 0.25) is 0 Å². The quantitative estimate of drug-likeness (QED) is 0.412. The Labute approximate surface area is 175 Å². The van der Waals surface area contributed by atoms with Crippen molar-refractivity contribution in [1.29, 1.82) is 0 Å². The number of carbonyl (C=O) groups excluding carboxylic acids is 2. The largest absolute Gasteiger partial charge is 0.466 e. The maximum Gasteiger partial charge on any atom is 0.355 e. The number of nitrogens with zero attached hydrogens (tertiary/aromatic N) is 2. The van der Waals surface area contributed by atoms with Gasteiger partial charge in [-0.15, -0.1) is 0 Å². The third-order valence-corrected chi connectivity index (χ3v) is 5.86. The van der Waals surface area contributed by atoms with E-state index in [0.29, 0.717) is 11.3 Å². The van der Waals surface area contributed by atoms with Gasteiger partial charge in [0.15, 0.2) is 5.56 Å². The Morgan fingerprint density at radius 1 is 1.10 bits per heavy atom. The van der Waals surface area contributed by atoms with Crippen molar-refractivity contribution in [3.8, 4) is 0 Å². The fraction of sp³-hybridized carbons (Fsp3) is 0.200. The van der Waals surface area contributed by atoms with Crippen LogP contribution in [0, 0.1) is 10.1 Å². The number of benzene rings is 2.